The second kappa shape index (κ2) is 7.21. The maximum absolute atomic E-state index is 13.1. The molecular formula is C20H22N2O3S. The molecule has 2 atom stereocenters. The van der Waals surface area contributed by atoms with Crippen molar-refractivity contribution in [2.24, 2.45) is 5.92 Å². The summed E-state index contributed by atoms with van der Waals surface area (Å²) in [6.07, 6.45) is 1.51. The molecule has 0 radical (unpaired) electrons. The highest BCUT2D eigenvalue weighted by Gasteiger charge is 2.35. The molecule has 3 heterocycles. The van der Waals surface area contributed by atoms with Crippen molar-refractivity contribution in [2.45, 2.75) is 18.9 Å². The van der Waals surface area contributed by atoms with Crippen LogP contribution in [0.1, 0.15) is 28.5 Å². The minimum Gasteiger partial charge on any atom is -0.481 e. The molecule has 1 N–H and O–H groups in total. The Morgan fingerprint density at radius 1 is 1.15 bits per heavy atom. The van der Waals surface area contributed by atoms with Gasteiger partial charge in [-0.25, -0.2) is 0 Å². The molecule has 4 rings (SSSR count). The number of aliphatic carboxylic acids is 1. The summed E-state index contributed by atoms with van der Waals surface area (Å²) in [6.45, 7) is 2.15. The molecule has 6 heteroatoms. The van der Waals surface area contributed by atoms with Gasteiger partial charge in [-0.15, -0.1) is 11.3 Å². The van der Waals surface area contributed by atoms with Crippen LogP contribution < -0.4 is 0 Å². The maximum atomic E-state index is 13.1. The normalized spacial score (nSPS) is 23.0. The summed E-state index contributed by atoms with van der Waals surface area (Å²) in [7, 11) is 0. The lowest BCUT2D eigenvalue weighted by Crippen LogP contribution is -2.45. The van der Waals surface area contributed by atoms with E-state index in [2.05, 4.69) is 23.6 Å². The summed E-state index contributed by atoms with van der Waals surface area (Å²) in [6, 6.07) is 12.3. The Labute approximate surface area is 156 Å². The summed E-state index contributed by atoms with van der Waals surface area (Å²) in [5.41, 5.74) is 2.36. The molecule has 1 amide bonds. The maximum Gasteiger partial charge on any atom is 0.307 e. The van der Waals surface area contributed by atoms with E-state index in [1.54, 1.807) is 11.3 Å². The topological polar surface area (TPSA) is 60.9 Å². The quantitative estimate of drug-likeness (QED) is 0.899. The fourth-order valence-electron chi connectivity index (χ4n) is 4.04. The van der Waals surface area contributed by atoms with Gasteiger partial charge in [-0.05, 0) is 42.0 Å². The number of carboxylic acid groups (broad SMARTS) is 1. The summed E-state index contributed by atoms with van der Waals surface area (Å²) < 4.78 is 0. The lowest BCUT2D eigenvalue weighted by atomic mass is 9.93. The van der Waals surface area contributed by atoms with E-state index in [-0.39, 0.29) is 17.9 Å². The van der Waals surface area contributed by atoms with Gasteiger partial charge >= 0.3 is 5.97 Å². The summed E-state index contributed by atoms with van der Waals surface area (Å²) in [5, 5.41) is 11.3. The van der Waals surface area contributed by atoms with Crippen LogP contribution in [0.3, 0.4) is 0 Å². The van der Waals surface area contributed by atoms with Crippen LogP contribution in [-0.4, -0.2) is 53.0 Å². The van der Waals surface area contributed by atoms with Gasteiger partial charge in [0.15, 0.2) is 0 Å². The van der Waals surface area contributed by atoms with E-state index in [9.17, 15) is 9.59 Å². The zero-order valence-electron chi connectivity index (χ0n) is 14.5. The first-order valence-electron chi connectivity index (χ1n) is 8.99. The standard InChI is InChI=1S/C20H22N2O3S/c23-18(13-21-9-6-15(12-21)20(24)25)22-10-7-17-16(8-11-26-17)19(22)14-4-2-1-3-5-14/h1-5,8,11,15,19H,6-7,9-10,12-13H2,(H,24,25). The lowest BCUT2D eigenvalue weighted by molar-refractivity contribution is -0.141. The van der Waals surface area contributed by atoms with Crippen molar-refractivity contribution < 1.29 is 14.7 Å². The molecule has 2 aromatic rings. The van der Waals surface area contributed by atoms with Crippen molar-refractivity contribution in [3.05, 3.63) is 57.8 Å². The number of nitrogens with zero attached hydrogens (tertiary/aromatic N) is 2. The van der Waals surface area contributed by atoms with Gasteiger partial charge in [0.05, 0.1) is 18.5 Å². The smallest absolute Gasteiger partial charge is 0.307 e. The van der Waals surface area contributed by atoms with Crippen molar-refractivity contribution in [2.75, 3.05) is 26.2 Å². The molecule has 0 saturated carbocycles. The Bertz CT molecular complexity index is 804. The van der Waals surface area contributed by atoms with Gasteiger partial charge < -0.3 is 10.0 Å². The van der Waals surface area contributed by atoms with Crippen LogP contribution in [0, 0.1) is 5.92 Å². The Balaban J connectivity index is 1.55. The van der Waals surface area contributed by atoms with Gasteiger partial charge in [-0.3, -0.25) is 14.5 Å². The zero-order valence-corrected chi connectivity index (χ0v) is 15.3. The van der Waals surface area contributed by atoms with Crippen LogP contribution in [0.5, 0.6) is 0 Å². The molecule has 26 heavy (non-hydrogen) atoms. The molecule has 1 fully saturated rings. The van der Waals surface area contributed by atoms with Gasteiger partial charge in [0.25, 0.3) is 0 Å². The molecule has 1 aromatic carbocycles. The van der Waals surface area contributed by atoms with Crippen molar-refractivity contribution in [1.82, 2.24) is 9.80 Å². The SMILES string of the molecule is O=C(O)C1CCN(CC(=O)N2CCc3sccc3C2c2ccccc2)C1. The van der Waals surface area contributed by atoms with E-state index in [1.807, 2.05) is 28.0 Å². The first-order valence-corrected chi connectivity index (χ1v) is 9.87. The zero-order chi connectivity index (χ0) is 18.1. The predicted octanol–water partition coefficient (Wildman–Crippen LogP) is 2.63. The molecule has 136 valence electrons. The fraction of sp³-hybridized carbons (Fsp3) is 0.400. The lowest BCUT2D eigenvalue weighted by Gasteiger charge is -2.37. The fourth-order valence-corrected chi connectivity index (χ4v) is 4.94. The van der Waals surface area contributed by atoms with Crippen LogP contribution in [0.4, 0.5) is 0 Å². The van der Waals surface area contributed by atoms with E-state index in [0.29, 0.717) is 32.6 Å². The van der Waals surface area contributed by atoms with Gasteiger partial charge in [-0.1, -0.05) is 30.3 Å². The highest BCUT2D eigenvalue weighted by Crippen LogP contribution is 2.37. The molecule has 0 bridgehead atoms. The monoisotopic (exact) mass is 370 g/mol. The summed E-state index contributed by atoms with van der Waals surface area (Å²) in [5.74, 6) is -1.03. The van der Waals surface area contributed by atoms with Crippen molar-refractivity contribution in [1.29, 1.82) is 0 Å². The first kappa shape index (κ1) is 17.2. The van der Waals surface area contributed by atoms with Crippen LogP contribution in [0.2, 0.25) is 0 Å². The highest BCUT2D eigenvalue weighted by atomic mass is 32.1. The average Bonchev–Trinajstić information content (AvgIpc) is 3.30. The van der Waals surface area contributed by atoms with Crippen LogP contribution in [0.25, 0.3) is 0 Å². The molecule has 1 aromatic heterocycles. The van der Waals surface area contributed by atoms with E-state index in [1.165, 1.54) is 10.4 Å². The largest absolute Gasteiger partial charge is 0.481 e. The van der Waals surface area contributed by atoms with Crippen LogP contribution in [-0.2, 0) is 16.0 Å². The molecule has 1 saturated heterocycles. The Morgan fingerprint density at radius 3 is 2.69 bits per heavy atom. The number of fused-ring (bicyclic) bond motifs is 1. The predicted molar refractivity (Wildman–Crippen MR) is 100 cm³/mol. The number of hydrogen-bond donors (Lipinski definition) is 1. The second-order valence-electron chi connectivity index (χ2n) is 7.01. The van der Waals surface area contributed by atoms with Gasteiger partial charge in [0.2, 0.25) is 5.91 Å². The van der Waals surface area contributed by atoms with E-state index in [4.69, 9.17) is 5.11 Å². The minimum absolute atomic E-state index is 0.0448. The van der Waals surface area contributed by atoms with Crippen molar-refractivity contribution in [3.63, 3.8) is 0 Å². The van der Waals surface area contributed by atoms with Crippen molar-refractivity contribution in [3.8, 4) is 0 Å². The first-order chi connectivity index (χ1) is 12.6. The Hall–Kier alpha value is -2.18. The number of carbonyl (C=O) groups excluding carboxylic acids is 1. The second-order valence-corrected chi connectivity index (χ2v) is 8.01. The number of carboxylic acids is 1. The average molecular weight is 370 g/mol. The van der Waals surface area contributed by atoms with Gasteiger partial charge in [0.1, 0.15) is 0 Å². The van der Waals surface area contributed by atoms with E-state index in [0.717, 1.165) is 12.0 Å². The third kappa shape index (κ3) is 3.27. The Morgan fingerprint density at radius 2 is 1.96 bits per heavy atom. The molecule has 0 aliphatic carbocycles. The molecule has 5 nitrogen and oxygen atoms in total. The highest BCUT2D eigenvalue weighted by molar-refractivity contribution is 7.10. The third-order valence-corrected chi connectivity index (χ3v) is 6.38. The summed E-state index contributed by atoms with van der Waals surface area (Å²) >= 11 is 1.76. The number of carbonyl (C=O) groups is 2. The van der Waals surface area contributed by atoms with Crippen LogP contribution in [0.15, 0.2) is 41.8 Å². The summed E-state index contributed by atoms with van der Waals surface area (Å²) in [4.78, 5) is 29.6. The number of hydrogen-bond acceptors (Lipinski definition) is 4. The number of likely N-dealkylation sites (tertiary alicyclic amines) is 1. The molecule has 0 spiro atoms. The third-order valence-electron chi connectivity index (χ3n) is 5.38. The van der Waals surface area contributed by atoms with E-state index >= 15 is 0 Å². The van der Waals surface area contributed by atoms with Gasteiger partial charge in [-0.2, -0.15) is 0 Å². The Kier molecular flexibility index (Phi) is 4.78. The van der Waals surface area contributed by atoms with Gasteiger partial charge in [0, 0.05) is 18.0 Å². The number of benzene rings is 1. The molecular weight excluding hydrogens is 348 g/mol. The van der Waals surface area contributed by atoms with Crippen LogP contribution >= 0.6 is 11.3 Å². The molecule has 2 aliphatic heterocycles. The van der Waals surface area contributed by atoms with Crippen molar-refractivity contribution >= 4 is 23.2 Å². The number of thiophene rings is 1. The number of rotatable bonds is 4. The number of amides is 1. The minimum atomic E-state index is -0.761. The molecule has 2 aliphatic rings. The molecule has 2 unspecified atom stereocenters. The van der Waals surface area contributed by atoms with E-state index < -0.39 is 5.97 Å².